The van der Waals surface area contributed by atoms with Gasteiger partial charge in [0.25, 0.3) is 0 Å². The zero-order valence-corrected chi connectivity index (χ0v) is 11.7. The van der Waals surface area contributed by atoms with Gasteiger partial charge in [0.2, 0.25) is 0 Å². The van der Waals surface area contributed by atoms with Crippen LogP contribution < -0.4 is 10.1 Å². The van der Waals surface area contributed by atoms with E-state index in [-0.39, 0.29) is 17.5 Å². The standard InChI is InChI=1S/C16H17F2NO/c1-10-7-8-13(17)15(9-10)20-16-12(11(2)19-3)5-4-6-14(16)18/h4-9,11,19H,1-3H3. The molecule has 0 aliphatic heterocycles. The molecule has 0 bridgehead atoms. The summed E-state index contributed by atoms with van der Waals surface area (Å²) < 4.78 is 33.2. The Bertz CT molecular complexity index is 613. The van der Waals surface area contributed by atoms with Crippen molar-refractivity contribution < 1.29 is 13.5 Å². The average Bonchev–Trinajstić information content (AvgIpc) is 2.44. The molecule has 1 N–H and O–H groups in total. The molecule has 106 valence electrons. The van der Waals surface area contributed by atoms with Gasteiger partial charge in [0.05, 0.1) is 0 Å². The number of para-hydroxylation sites is 1. The van der Waals surface area contributed by atoms with E-state index in [4.69, 9.17) is 4.74 Å². The van der Waals surface area contributed by atoms with Crippen LogP contribution in [-0.4, -0.2) is 7.05 Å². The minimum Gasteiger partial charge on any atom is -0.451 e. The third-order valence-electron chi connectivity index (χ3n) is 3.20. The fourth-order valence-electron chi connectivity index (χ4n) is 1.93. The van der Waals surface area contributed by atoms with Gasteiger partial charge in [0, 0.05) is 11.6 Å². The van der Waals surface area contributed by atoms with Crippen LogP contribution in [-0.2, 0) is 0 Å². The lowest BCUT2D eigenvalue weighted by Crippen LogP contribution is -2.13. The van der Waals surface area contributed by atoms with Crippen molar-refractivity contribution in [3.63, 3.8) is 0 Å². The monoisotopic (exact) mass is 277 g/mol. The maximum Gasteiger partial charge on any atom is 0.167 e. The first-order chi connectivity index (χ1) is 9.52. The van der Waals surface area contributed by atoms with E-state index in [0.717, 1.165) is 5.56 Å². The molecule has 4 heteroatoms. The van der Waals surface area contributed by atoms with E-state index in [1.165, 1.54) is 12.1 Å². The van der Waals surface area contributed by atoms with Gasteiger partial charge in [0.15, 0.2) is 23.1 Å². The van der Waals surface area contributed by atoms with Crippen LogP contribution >= 0.6 is 0 Å². The highest BCUT2D eigenvalue weighted by Gasteiger charge is 2.16. The fraction of sp³-hybridized carbons (Fsp3) is 0.250. The van der Waals surface area contributed by atoms with E-state index in [1.54, 1.807) is 31.3 Å². The Hall–Kier alpha value is -1.94. The molecule has 0 radical (unpaired) electrons. The van der Waals surface area contributed by atoms with Gasteiger partial charge in [-0.15, -0.1) is 0 Å². The maximum absolute atomic E-state index is 14.0. The van der Waals surface area contributed by atoms with E-state index in [9.17, 15) is 8.78 Å². The second-order valence-corrected chi connectivity index (χ2v) is 4.70. The molecule has 2 nitrogen and oxygen atoms in total. The summed E-state index contributed by atoms with van der Waals surface area (Å²) in [6.45, 7) is 3.71. The zero-order valence-electron chi connectivity index (χ0n) is 11.7. The van der Waals surface area contributed by atoms with Gasteiger partial charge in [0.1, 0.15) is 0 Å². The normalized spacial score (nSPS) is 12.2. The molecule has 0 spiro atoms. The molecule has 0 aliphatic carbocycles. The molecular weight excluding hydrogens is 260 g/mol. The van der Waals surface area contributed by atoms with Gasteiger partial charge in [-0.1, -0.05) is 18.2 Å². The molecule has 2 aromatic rings. The van der Waals surface area contributed by atoms with E-state index in [1.807, 2.05) is 13.8 Å². The van der Waals surface area contributed by atoms with Crippen LogP contribution in [0.1, 0.15) is 24.1 Å². The van der Waals surface area contributed by atoms with Crippen molar-refractivity contribution in [3.8, 4) is 11.5 Å². The maximum atomic E-state index is 14.0. The molecule has 0 heterocycles. The average molecular weight is 277 g/mol. The van der Waals surface area contributed by atoms with Crippen molar-refractivity contribution in [3.05, 3.63) is 59.2 Å². The first-order valence-electron chi connectivity index (χ1n) is 6.42. The summed E-state index contributed by atoms with van der Waals surface area (Å²) in [5, 5.41) is 3.02. The van der Waals surface area contributed by atoms with Gasteiger partial charge < -0.3 is 10.1 Å². The topological polar surface area (TPSA) is 21.3 Å². The fourth-order valence-corrected chi connectivity index (χ4v) is 1.93. The van der Waals surface area contributed by atoms with Crippen LogP contribution in [0.25, 0.3) is 0 Å². The van der Waals surface area contributed by atoms with Crippen LogP contribution in [0.15, 0.2) is 36.4 Å². The van der Waals surface area contributed by atoms with Gasteiger partial charge in [-0.25, -0.2) is 8.78 Å². The third-order valence-corrected chi connectivity index (χ3v) is 3.20. The van der Waals surface area contributed by atoms with Crippen molar-refractivity contribution in [2.75, 3.05) is 7.05 Å². The minimum absolute atomic E-state index is 0.0275. The SMILES string of the molecule is CNC(C)c1cccc(F)c1Oc1cc(C)ccc1F. The molecule has 0 fully saturated rings. The van der Waals surface area contributed by atoms with E-state index >= 15 is 0 Å². The summed E-state index contributed by atoms with van der Waals surface area (Å²) in [4.78, 5) is 0. The number of benzene rings is 2. The lowest BCUT2D eigenvalue weighted by Gasteiger charge is -2.17. The Morgan fingerprint density at radius 3 is 2.55 bits per heavy atom. The lowest BCUT2D eigenvalue weighted by molar-refractivity contribution is 0.404. The molecular formula is C16H17F2NO. The number of ether oxygens (including phenoxy) is 1. The van der Waals surface area contributed by atoms with Crippen molar-refractivity contribution in [2.45, 2.75) is 19.9 Å². The summed E-state index contributed by atoms with van der Waals surface area (Å²) >= 11 is 0. The van der Waals surface area contributed by atoms with Gasteiger partial charge in [-0.2, -0.15) is 0 Å². The smallest absolute Gasteiger partial charge is 0.167 e. The van der Waals surface area contributed by atoms with Crippen molar-refractivity contribution >= 4 is 0 Å². The van der Waals surface area contributed by atoms with Gasteiger partial charge >= 0.3 is 0 Å². The highest BCUT2D eigenvalue weighted by Crippen LogP contribution is 2.33. The van der Waals surface area contributed by atoms with Crippen molar-refractivity contribution in [1.82, 2.24) is 5.32 Å². The number of nitrogens with one attached hydrogen (secondary N) is 1. The van der Waals surface area contributed by atoms with E-state index < -0.39 is 11.6 Å². The molecule has 0 saturated heterocycles. The lowest BCUT2D eigenvalue weighted by atomic mass is 10.1. The molecule has 1 unspecified atom stereocenters. The van der Waals surface area contributed by atoms with Crippen LogP contribution in [0.4, 0.5) is 8.78 Å². The molecule has 0 amide bonds. The number of aryl methyl sites for hydroxylation is 1. The number of hydrogen-bond donors (Lipinski definition) is 1. The Morgan fingerprint density at radius 1 is 1.10 bits per heavy atom. The number of halogens is 2. The minimum atomic E-state index is -0.512. The third kappa shape index (κ3) is 2.96. The van der Waals surface area contributed by atoms with Gasteiger partial charge in [-0.05, 0) is 44.7 Å². The largest absolute Gasteiger partial charge is 0.451 e. The van der Waals surface area contributed by atoms with Gasteiger partial charge in [-0.3, -0.25) is 0 Å². The molecule has 0 aliphatic rings. The Balaban J connectivity index is 2.45. The first-order valence-corrected chi connectivity index (χ1v) is 6.42. The second kappa shape index (κ2) is 6.01. The zero-order chi connectivity index (χ0) is 14.7. The summed E-state index contributed by atoms with van der Waals surface area (Å²) in [7, 11) is 1.77. The predicted molar refractivity (Wildman–Crippen MR) is 75.1 cm³/mol. The number of hydrogen-bond acceptors (Lipinski definition) is 2. The Kier molecular flexibility index (Phi) is 4.35. The molecule has 2 aromatic carbocycles. The molecule has 20 heavy (non-hydrogen) atoms. The quantitative estimate of drug-likeness (QED) is 0.897. The van der Waals surface area contributed by atoms with Crippen LogP contribution in [0.5, 0.6) is 11.5 Å². The molecule has 1 atom stereocenters. The summed E-state index contributed by atoms with van der Waals surface area (Å²) in [5.74, 6) is -0.939. The van der Waals surface area contributed by atoms with Crippen LogP contribution in [0, 0.1) is 18.6 Å². The van der Waals surface area contributed by atoms with Crippen LogP contribution in [0.3, 0.4) is 0 Å². The first kappa shape index (κ1) is 14.5. The molecule has 0 saturated carbocycles. The summed E-state index contributed by atoms with van der Waals surface area (Å²) in [6.07, 6.45) is 0. The van der Waals surface area contributed by atoms with Crippen molar-refractivity contribution in [2.24, 2.45) is 0 Å². The van der Waals surface area contributed by atoms with E-state index in [0.29, 0.717) is 5.56 Å². The predicted octanol–water partition coefficient (Wildman–Crippen LogP) is 4.35. The summed E-state index contributed by atoms with van der Waals surface area (Å²) in [5.41, 5.74) is 1.49. The number of rotatable bonds is 4. The molecule has 2 rings (SSSR count). The Morgan fingerprint density at radius 2 is 1.85 bits per heavy atom. The van der Waals surface area contributed by atoms with Crippen molar-refractivity contribution in [1.29, 1.82) is 0 Å². The summed E-state index contributed by atoms with van der Waals surface area (Å²) in [6, 6.07) is 9.07. The molecule has 0 aromatic heterocycles. The second-order valence-electron chi connectivity index (χ2n) is 4.70. The van der Waals surface area contributed by atoms with E-state index in [2.05, 4.69) is 5.32 Å². The Labute approximate surface area is 117 Å². The highest BCUT2D eigenvalue weighted by molar-refractivity contribution is 5.42. The van der Waals surface area contributed by atoms with Crippen LogP contribution in [0.2, 0.25) is 0 Å². The highest BCUT2D eigenvalue weighted by atomic mass is 19.1.